The lowest BCUT2D eigenvalue weighted by Gasteiger charge is -2.32. The Morgan fingerprint density at radius 3 is 2.42 bits per heavy atom. The first-order valence-corrected chi connectivity index (χ1v) is 15.7. The highest BCUT2D eigenvalue weighted by molar-refractivity contribution is 5.98. The molecule has 1 fully saturated rings. The van der Waals surface area contributed by atoms with Gasteiger partial charge in [0.25, 0.3) is 0 Å². The third kappa shape index (κ3) is 7.28. The van der Waals surface area contributed by atoms with Gasteiger partial charge in [-0.3, -0.25) is 9.69 Å². The number of benzene rings is 4. The molecule has 6 rings (SSSR count). The Bertz CT molecular complexity index is 1750. The lowest BCUT2D eigenvalue weighted by molar-refractivity contribution is -0.142. The Morgan fingerprint density at radius 2 is 1.64 bits per heavy atom. The van der Waals surface area contributed by atoms with Crippen LogP contribution in [0, 0.1) is 0 Å². The fourth-order valence-corrected chi connectivity index (χ4v) is 5.93. The van der Waals surface area contributed by atoms with E-state index in [1.807, 2.05) is 37.3 Å². The van der Waals surface area contributed by atoms with Crippen molar-refractivity contribution < 1.29 is 18.7 Å². The number of rotatable bonds is 11. The molecule has 2 heterocycles. The number of carbonyl (C=O) groups excluding carboxylic acids is 1. The van der Waals surface area contributed by atoms with Crippen molar-refractivity contribution in [1.29, 1.82) is 0 Å². The van der Waals surface area contributed by atoms with Crippen LogP contribution in [0.4, 0.5) is 0 Å². The topological polar surface area (TPSA) is 81.2 Å². The van der Waals surface area contributed by atoms with Gasteiger partial charge in [0, 0.05) is 61.3 Å². The first-order chi connectivity index (χ1) is 22.0. The van der Waals surface area contributed by atoms with E-state index in [-0.39, 0.29) is 12.4 Å². The zero-order chi connectivity index (χ0) is 31.2. The maximum atomic E-state index is 12.2. The number of carbonyl (C=O) groups is 1. The van der Waals surface area contributed by atoms with Crippen molar-refractivity contribution in [1.82, 2.24) is 9.80 Å². The first kappa shape index (κ1) is 30.6. The molecule has 1 saturated heterocycles. The molecular weight excluding hydrogens is 562 g/mol. The summed E-state index contributed by atoms with van der Waals surface area (Å²) in [7, 11) is 2.19. The van der Waals surface area contributed by atoms with Crippen molar-refractivity contribution in [3.05, 3.63) is 113 Å². The van der Waals surface area contributed by atoms with Gasteiger partial charge in [-0.15, -0.1) is 0 Å². The van der Waals surface area contributed by atoms with Gasteiger partial charge in [-0.2, -0.15) is 0 Å². The Labute approximate surface area is 265 Å². The standard InChI is InChI=1S/C38H41N3O4/c1-3-43-37(42)22-31-8-4-5-10-36(31)44-25-33-26-45-38-34(20-32(21-35(33)38)30-9-6-7-28(19-30)23-39)29-13-11-27(12-14-29)24-41-17-15-40(2)16-18-41/h4-14,19-21,26H,3,15-18,22-25,39H2,1-2H3. The second-order valence-electron chi connectivity index (χ2n) is 11.7. The maximum absolute atomic E-state index is 12.2. The molecule has 0 radical (unpaired) electrons. The number of nitrogens with two attached hydrogens (primary N) is 1. The summed E-state index contributed by atoms with van der Waals surface area (Å²) in [5.74, 6) is 0.383. The van der Waals surface area contributed by atoms with E-state index in [2.05, 4.69) is 71.4 Å². The number of nitrogens with zero attached hydrogens (tertiary/aromatic N) is 2. The molecule has 0 bridgehead atoms. The predicted molar refractivity (Wildman–Crippen MR) is 179 cm³/mol. The van der Waals surface area contributed by atoms with E-state index >= 15 is 0 Å². The molecule has 5 aromatic rings. The molecule has 2 N–H and O–H groups in total. The predicted octanol–water partition coefficient (Wildman–Crippen LogP) is 6.66. The van der Waals surface area contributed by atoms with Crippen LogP contribution >= 0.6 is 0 Å². The molecule has 7 heteroatoms. The summed E-state index contributed by atoms with van der Waals surface area (Å²) >= 11 is 0. The summed E-state index contributed by atoms with van der Waals surface area (Å²) < 4.78 is 17.7. The number of hydrogen-bond acceptors (Lipinski definition) is 7. The third-order valence-corrected chi connectivity index (χ3v) is 8.51. The molecule has 0 aliphatic carbocycles. The molecule has 7 nitrogen and oxygen atoms in total. The number of hydrogen-bond donors (Lipinski definition) is 1. The highest BCUT2D eigenvalue weighted by Gasteiger charge is 2.18. The molecular formula is C38H41N3O4. The van der Waals surface area contributed by atoms with Crippen molar-refractivity contribution in [3.8, 4) is 28.0 Å². The van der Waals surface area contributed by atoms with Gasteiger partial charge in [0.05, 0.1) is 19.3 Å². The van der Waals surface area contributed by atoms with Crippen molar-refractivity contribution in [2.24, 2.45) is 5.73 Å². The number of ether oxygens (including phenoxy) is 2. The van der Waals surface area contributed by atoms with Crippen LogP contribution in [0.15, 0.2) is 95.6 Å². The highest BCUT2D eigenvalue weighted by atomic mass is 16.5. The Kier molecular flexibility index (Phi) is 9.60. The van der Waals surface area contributed by atoms with E-state index in [1.165, 1.54) is 5.56 Å². The van der Waals surface area contributed by atoms with Gasteiger partial charge >= 0.3 is 5.97 Å². The van der Waals surface area contributed by atoms with E-state index in [9.17, 15) is 4.79 Å². The number of furan rings is 1. The normalized spacial score (nSPS) is 14.1. The van der Waals surface area contributed by atoms with Gasteiger partial charge in [0.15, 0.2) is 0 Å². The second kappa shape index (κ2) is 14.1. The monoisotopic (exact) mass is 603 g/mol. The van der Waals surface area contributed by atoms with Crippen LogP contribution < -0.4 is 10.5 Å². The van der Waals surface area contributed by atoms with Gasteiger partial charge in [-0.25, -0.2) is 0 Å². The second-order valence-corrected chi connectivity index (χ2v) is 11.7. The highest BCUT2D eigenvalue weighted by Crippen LogP contribution is 2.37. The van der Waals surface area contributed by atoms with E-state index in [0.717, 1.165) is 82.6 Å². The molecule has 4 aromatic carbocycles. The maximum Gasteiger partial charge on any atom is 0.310 e. The van der Waals surface area contributed by atoms with E-state index in [4.69, 9.17) is 19.6 Å². The van der Waals surface area contributed by atoms with Crippen LogP contribution in [0.2, 0.25) is 0 Å². The number of fused-ring (bicyclic) bond motifs is 1. The van der Waals surface area contributed by atoms with Crippen molar-refractivity contribution in [3.63, 3.8) is 0 Å². The van der Waals surface area contributed by atoms with Crippen LogP contribution in [0.1, 0.15) is 29.2 Å². The van der Waals surface area contributed by atoms with Crippen LogP contribution in [-0.4, -0.2) is 55.6 Å². The summed E-state index contributed by atoms with van der Waals surface area (Å²) in [5, 5.41) is 0.991. The molecule has 0 atom stereocenters. The summed E-state index contributed by atoms with van der Waals surface area (Å²) in [6.45, 7) is 8.28. The van der Waals surface area contributed by atoms with Gasteiger partial charge < -0.3 is 24.5 Å². The smallest absolute Gasteiger partial charge is 0.310 e. The Hall–Kier alpha value is -4.43. The largest absolute Gasteiger partial charge is 0.488 e. The van der Waals surface area contributed by atoms with Crippen molar-refractivity contribution >= 4 is 16.9 Å². The van der Waals surface area contributed by atoms with E-state index < -0.39 is 0 Å². The molecule has 1 aliphatic heterocycles. The molecule has 0 spiro atoms. The Balaban J connectivity index is 1.32. The lowest BCUT2D eigenvalue weighted by Crippen LogP contribution is -2.43. The van der Waals surface area contributed by atoms with Crippen LogP contribution in [0.5, 0.6) is 5.75 Å². The minimum atomic E-state index is -0.272. The molecule has 1 aromatic heterocycles. The molecule has 0 saturated carbocycles. The number of piperazine rings is 1. The Morgan fingerprint density at radius 1 is 0.844 bits per heavy atom. The minimum Gasteiger partial charge on any atom is -0.488 e. The van der Waals surface area contributed by atoms with Crippen LogP contribution in [0.25, 0.3) is 33.2 Å². The summed E-state index contributed by atoms with van der Waals surface area (Å²) in [6, 6.07) is 29.2. The summed E-state index contributed by atoms with van der Waals surface area (Å²) in [6.07, 6.45) is 1.94. The number of para-hydroxylation sites is 1. The summed E-state index contributed by atoms with van der Waals surface area (Å²) in [4.78, 5) is 17.1. The molecule has 45 heavy (non-hydrogen) atoms. The minimum absolute atomic E-state index is 0.159. The van der Waals surface area contributed by atoms with Crippen molar-refractivity contribution in [2.75, 3.05) is 39.8 Å². The molecule has 0 amide bonds. The van der Waals surface area contributed by atoms with Gasteiger partial charge in [-0.1, -0.05) is 60.7 Å². The zero-order valence-electron chi connectivity index (χ0n) is 26.1. The van der Waals surface area contributed by atoms with Crippen LogP contribution in [-0.2, 0) is 35.6 Å². The average molecular weight is 604 g/mol. The SMILES string of the molecule is CCOC(=O)Cc1ccccc1OCc1coc2c(-c3ccc(CN4CCN(C)CC4)cc3)cc(-c3cccc(CN)c3)cc12. The quantitative estimate of drug-likeness (QED) is 0.169. The zero-order valence-corrected chi connectivity index (χ0v) is 26.1. The van der Waals surface area contributed by atoms with E-state index in [0.29, 0.717) is 25.5 Å². The van der Waals surface area contributed by atoms with E-state index in [1.54, 1.807) is 6.26 Å². The third-order valence-electron chi connectivity index (χ3n) is 8.51. The lowest BCUT2D eigenvalue weighted by atomic mass is 9.94. The number of likely N-dealkylation sites (N-methyl/N-ethyl adjacent to an activating group) is 1. The fourth-order valence-electron chi connectivity index (χ4n) is 5.93. The molecule has 232 valence electrons. The fraction of sp³-hybridized carbons (Fsp3) is 0.289. The average Bonchev–Trinajstić information content (AvgIpc) is 3.48. The number of esters is 1. The van der Waals surface area contributed by atoms with Gasteiger partial charge in [0.1, 0.15) is 17.9 Å². The first-order valence-electron chi connectivity index (χ1n) is 15.7. The molecule has 1 aliphatic rings. The van der Waals surface area contributed by atoms with Crippen molar-refractivity contribution in [2.45, 2.75) is 33.0 Å². The van der Waals surface area contributed by atoms with Crippen LogP contribution in [0.3, 0.4) is 0 Å². The van der Waals surface area contributed by atoms with Gasteiger partial charge in [0.2, 0.25) is 0 Å². The summed E-state index contributed by atoms with van der Waals surface area (Å²) in [5.41, 5.74) is 15.2. The molecule has 0 unspecified atom stereocenters. The van der Waals surface area contributed by atoms with Gasteiger partial charge in [-0.05, 0) is 66.1 Å².